The molecular formula is C4H8S4. The fraction of sp³-hybridized carbons (Fsp3) is 1.00. The smallest absolute Gasteiger partial charge is 0.0563 e. The summed E-state index contributed by atoms with van der Waals surface area (Å²) in [5, 5.41) is 0. The Bertz CT molecular complexity index is 56.4. The molecule has 1 saturated heterocycles. The monoisotopic (exact) mass is 184 g/mol. The molecule has 4 heteroatoms. The Balaban J connectivity index is 2.19. The molecule has 8 heavy (non-hydrogen) atoms. The van der Waals surface area contributed by atoms with Crippen LogP contribution in [0.3, 0.4) is 0 Å². The Morgan fingerprint density at radius 3 is 1.62 bits per heavy atom. The molecule has 0 aromatic rings. The van der Waals surface area contributed by atoms with Crippen molar-refractivity contribution in [2.75, 3.05) is 11.5 Å². The first kappa shape index (κ1) is 7.51. The zero-order valence-electron chi connectivity index (χ0n) is 4.28. The van der Waals surface area contributed by atoms with Crippen LogP contribution in [0.5, 0.6) is 0 Å². The molecule has 0 nitrogen and oxygen atoms in total. The maximum absolute atomic E-state index is 4.31. The maximum atomic E-state index is 4.31. The molecule has 1 rings (SSSR count). The van der Waals surface area contributed by atoms with Gasteiger partial charge >= 0.3 is 0 Å². The van der Waals surface area contributed by atoms with E-state index in [0.29, 0.717) is 9.16 Å². The van der Waals surface area contributed by atoms with Gasteiger partial charge in [-0.3, -0.25) is 0 Å². The van der Waals surface area contributed by atoms with Crippen LogP contribution in [0.25, 0.3) is 0 Å². The van der Waals surface area contributed by atoms with Crippen molar-refractivity contribution in [3.05, 3.63) is 0 Å². The zero-order chi connectivity index (χ0) is 5.98. The molecule has 0 aromatic carbocycles. The molecule has 2 unspecified atom stereocenters. The van der Waals surface area contributed by atoms with Gasteiger partial charge in [-0.2, -0.15) is 25.3 Å². The second-order valence-electron chi connectivity index (χ2n) is 1.58. The summed E-state index contributed by atoms with van der Waals surface area (Å²) >= 11 is 12.4. The number of thioether (sulfide) groups is 2. The number of hydrogen-bond acceptors (Lipinski definition) is 4. The third-order valence-electron chi connectivity index (χ3n) is 0.862. The van der Waals surface area contributed by atoms with E-state index in [0.717, 1.165) is 11.5 Å². The van der Waals surface area contributed by atoms with Gasteiger partial charge in [-0.15, -0.1) is 23.5 Å². The van der Waals surface area contributed by atoms with E-state index in [4.69, 9.17) is 0 Å². The summed E-state index contributed by atoms with van der Waals surface area (Å²) in [6.07, 6.45) is 0. The van der Waals surface area contributed by atoms with E-state index in [1.54, 1.807) is 0 Å². The molecule has 0 N–H and O–H groups in total. The van der Waals surface area contributed by atoms with Crippen LogP contribution in [0.15, 0.2) is 0 Å². The van der Waals surface area contributed by atoms with Crippen molar-refractivity contribution < 1.29 is 0 Å². The summed E-state index contributed by atoms with van der Waals surface area (Å²) in [6.45, 7) is 0. The zero-order valence-corrected chi connectivity index (χ0v) is 7.70. The third kappa shape index (κ3) is 2.33. The molecule has 1 heterocycles. The summed E-state index contributed by atoms with van der Waals surface area (Å²) in [7, 11) is 0. The topological polar surface area (TPSA) is 0 Å². The lowest BCUT2D eigenvalue weighted by Crippen LogP contribution is -2.12. The largest absolute Gasteiger partial charge is 0.164 e. The van der Waals surface area contributed by atoms with E-state index in [9.17, 15) is 0 Å². The lowest BCUT2D eigenvalue weighted by molar-refractivity contribution is 1.34. The molecule has 1 fully saturated rings. The number of hydrogen-bond donors (Lipinski definition) is 2. The molecule has 0 amide bonds. The van der Waals surface area contributed by atoms with E-state index >= 15 is 0 Å². The van der Waals surface area contributed by atoms with Gasteiger partial charge in [0.15, 0.2) is 0 Å². The van der Waals surface area contributed by atoms with Crippen molar-refractivity contribution in [2.45, 2.75) is 9.16 Å². The summed E-state index contributed by atoms with van der Waals surface area (Å²) in [4.78, 5) is 0. The third-order valence-corrected chi connectivity index (χ3v) is 5.19. The minimum atomic E-state index is 0.545. The molecule has 1 aliphatic rings. The van der Waals surface area contributed by atoms with Gasteiger partial charge in [-0.25, -0.2) is 0 Å². The number of rotatable bonds is 0. The van der Waals surface area contributed by atoms with Crippen molar-refractivity contribution in [1.82, 2.24) is 0 Å². The van der Waals surface area contributed by atoms with Crippen molar-refractivity contribution in [1.29, 1.82) is 0 Å². The highest BCUT2D eigenvalue weighted by atomic mass is 32.2. The van der Waals surface area contributed by atoms with Gasteiger partial charge in [0.25, 0.3) is 0 Å². The van der Waals surface area contributed by atoms with Gasteiger partial charge in [-0.1, -0.05) is 0 Å². The SMILES string of the molecule is SC1CSC(S)CS1. The molecule has 0 radical (unpaired) electrons. The van der Waals surface area contributed by atoms with Crippen LogP contribution in [-0.4, -0.2) is 20.7 Å². The molecule has 0 spiro atoms. The summed E-state index contributed by atoms with van der Waals surface area (Å²) in [5.41, 5.74) is 0. The van der Waals surface area contributed by atoms with Crippen LogP contribution in [-0.2, 0) is 0 Å². The van der Waals surface area contributed by atoms with Gasteiger partial charge in [0, 0.05) is 11.5 Å². The lowest BCUT2D eigenvalue weighted by atomic mass is 10.9. The second kappa shape index (κ2) is 3.54. The highest BCUT2D eigenvalue weighted by molar-refractivity contribution is 8.18. The molecule has 0 saturated carbocycles. The van der Waals surface area contributed by atoms with E-state index in [2.05, 4.69) is 25.3 Å². The molecule has 1 aliphatic heterocycles. The average Bonchev–Trinajstić information content (AvgIpc) is 1.77. The van der Waals surface area contributed by atoms with Crippen LogP contribution < -0.4 is 0 Å². The number of thiol groups is 2. The molecular weight excluding hydrogens is 176 g/mol. The first-order valence-corrected chi connectivity index (χ1v) is 5.51. The van der Waals surface area contributed by atoms with Crippen molar-refractivity contribution in [3.8, 4) is 0 Å². The average molecular weight is 184 g/mol. The van der Waals surface area contributed by atoms with Crippen molar-refractivity contribution in [2.24, 2.45) is 0 Å². The van der Waals surface area contributed by atoms with Crippen LogP contribution in [0, 0.1) is 0 Å². The van der Waals surface area contributed by atoms with Crippen molar-refractivity contribution >= 4 is 48.8 Å². The molecule has 2 atom stereocenters. The lowest BCUT2D eigenvalue weighted by Gasteiger charge is -2.20. The standard InChI is InChI=1S/C4H8S4/c5-3-1-7-4(6)2-8-3/h3-6H,1-2H2. The summed E-state index contributed by atoms with van der Waals surface area (Å²) < 4.78 is 1.09. The maximum Gasteiger partial charge on any atom is 0.0563 e. The Morgan fingerprint density at radius 2 is 1.38 bits per heavy atom. The Kier molecular flexibility index (Phi) is 3.32. The molecule has 0 aliphatic carbocycles. The summed E-state index contributed by atoms with van der Waals surface area (Å²) in [5.74, 6) is 2.28. The predicted octanol–water partition coefficient (Wildman–Crippen LogP) is 1.98. The van der Waals surface area contributed by atoms with Crippen LogP contribution in [0.1, 0.15) is 0 Å². The van der Waals surface area contributed by atoms with Gasteiger partial charge in [0.1, 0.15) is 0 Å². The first-order valence-electron chi connectivity index (χ1n) is 2.38. The van der Waals surface area contributed by atoms with Crippen LogP contribution in [0.4, 0.5) is 0 Å². The van der Waals surface area contributed by atoms with Gasteiger partial charge in [0.05, 0.1) is 9.16 Å². The molecule has 0 aromatic heterocycles. The Morgan fingerprint density at radius 1 is 1.00 bits per heavy atom. The minimum Gasteiger partial charge on any atom is -0.164 e. The van der Waals surface area contributed by atoms with E-state index in [-0.39, 0.29) is 0 Å². The van der Waals surface area contributed by atoms with Crippen molar-refractivity contribution in [3.63, 3.8) is 0 Å². The quantitative estimate of drug-likeness (QED) is 0.553. The van der Waals surface area contributed by atoms with E-state index in [1.807, 2.05) is 23.5 Å². The Hall–Kier alpha value is 1.40. The Labute approximate surface area is 69.4 Å². The molecule has 48 valence electrons. The van der Waals surface area contributed by atoms with Gasteiger partial charge in [-0.05, 0) is 0 Å². The predicted molar refractivity (Wildman–Crippen MR) is 50.5 cm³/mol. The normalized spacial score (nSPS) is 39.8. The summed E-state index contributed by atoms with van der Waals surface area (Å²) in [6, 6.07) is 0. The fourth-order valence-corrected chi connectivity index (χ4v) is 3.53. The fourth-order valence-electron chi connectivity index (χ4n) is 0.483. The first-order chi connectivity index (χ1) is 3.79. The highest BCUT2D eigenvalue weighted by Crippen LogP contribution is 2.32. The minimum absolute atomic E-state index is 0.545. The van der Waals surface area contributed by atoms with Crippen LogP contribution >= 0.6 is 48.8 Å². The second-order valence-corrected chi connectivity index (χ2v) is 5.99. The highest BCUT2D eigenvalue weighted by Gasteiger charge is 2.15. The van der Waals surface area contributed by atoms with E-state index < -0.39 is 0 Å². The van der Waals surface area contributed by atoms with Gasteiger partial charge < -0.3 is 0 Å². The molecule has 0 bridgehead atoms. The van der Waals surface area contributed by atoms with Crippen LogP contribution in [0.2, 0.25) is 0 Å². The van der Waals surface area contributed by atoms with E-state index in [1.165, 1.54) is 0 Å². The van der Waals surface area contributed by atoms with Gasteiger partial charge in [0.2, 0.25) is 0 Å².